The van der Waals surface area contributed by atoms with Gasteiger partial charge in [-0.1, -0.05) is 6.07 Å². The number of aliphatic hydroxyl groups is 1. The molecular formula is C12H10F2O2. The molecule has 0 radical (unpaired) electrons. The van der Waals surface area contributed by atoms with E-state index in [9.17, 15) is 13.9 Å². The fraction of sp³-hybridized carbons (Fsp3) is 0.167. The predicted molar refractivity (Wildman–Crippen MR) is 53.7 cm³/mol. The Kier molecular flexibility index (Phi) is 3.01. The first-order valence-corrected chi connectivity index (χ1v) is 4.82. The molecule has 1 unspecified atom stereocenters. The van der Waals surface area contributed by atoms with E-state index in [1.807, 2.05) is 0 Å². The van der Waals surface area contributed by atoms with Crippen LogP contribution in [0.5, 0.6) is 0 Å². The van der Waals surface area contributed by atoms with Gasteiger partial charge in [-0.05, 0) is 29.8 Å². The van der Waals surface area contributed by atoms with Gasteiger partial charge in [0.05, 0.1) is 12.4 Å². The quantitative estimate of drug-likeness (QED) is 0.869. The Balaban J connectivity index is 2.14. The van der Waals surface area contributed by atoms with Gasteiger partial charge in [-0.2, -0.15) is 0 Å². The highest BCUT2D eigenvalue weighted by Crippen LogP contribution is 2.20. The summed E-state index contributed by atoms with van der Waals surface area (Å²) in [7, 11) is 0. The lowest BCUT2D eigenvalue weighted by Crippen LogP contribution is -2.02. The SMILES string of the molecule is OC(Cc1ccco1)c1ccc(F)c(F)c1. The van der Waals surface area contributed by atoms with Gasteiger partial charge in [0.25, 0.3) is 0 Å². The highest BCUT2D eigenvalue weighted by Gasteiger charge is 2.12. The topological polar surface area (TPSA) is 33.4 Å². The standard InChI is InChI=1S/C12H10F2O2/c13-10-4-3-8(6-11(10)14)12(15)7-9-2-1-5-16-9/h1-6,12,15H,7H2. The van der Waals surface area contributed by atoms with Crippen molar-refractivity contribution in [2.24, 2.45) is 0 Å². The first-order valence-electron chi connectivity index (χ1n) is 4.82. The van der Waals surface area contributed by atoms with Crippen LogP contribution >= 0.6 is 0 Å². The van der Waals surface area contributed by atoms with Crippen molar-refractivity contribution < 1.29 is 18.3 Å². The van der Waals surface area contributed by atoms with Gasteiger partial charge in [0, 0.05) is 6.42 Å². The number of aliphatic hydroxyl groups excluding tert-OH is 1. The van der Waals surface area contributed by atoms with E-state index in [1.54, 1.807) is 12.1 Å². The molecule has 2 aromatic rings. The summed E-state index contributed by atoms with van der Waals surface area (Å²) in [5.41, 5.74) is 0.329. The second-order valence-electron chi connectivity index (χ2n) is 3.47. The van der Waals surface area contributed by atoms with Crippen LogP contribution in [0.2, 0.25) is 0 Å². The summed E-state index contributed by atoms with van der Waals surface area (Å²) in [6.45, 7) is 0. The molecular weight excluding hydrogens is 214 g/mol. The number of benzene rings is 1. The zero-order valence-corrected chi connectivity index (χ0v) is 8.36. The van der Waals surface area contributed by atoms with E-state index in [-0.39, 0.29) is 6.42 Å². The van der Waals surface area contributed by atoms with Gasteiger partial charge >= 0.3 is 0 Å². The Bertz CT molecular complexity index is 466. The van der Waals surface area contributed by atoms with Crippen LogP contribution < -0.4 is 0 Å². The minimum Gasteiger partial charge on any atom is -0.469 e. The molecule has 0 saturated heterocycles. The van der Waals surface area contributed by atoms with Crippen molar-refractivity contribution in [1.29, 1.82) is 0 Å². The summed E-state index contributed by atoms with van der Waals surface area (Å²) in [5.74, 6) is -1.29. The molecule has 84 valence electrons. The monoisotopic (exact) mass is 224 g/mol. The minimum atomic E-state index is -0.962. The Labute approximate surface area is 91.1 Å². The molecule has 0 fully saturated rings. The molecule has 2 rings (SSSR count). The summed E-state index contributed by atoms with van der Waals surface area (Å²) >= 11 is 0. The third-order valence-electron chi connectivity index (χ3n) is 2.30. The van der Waals surface area contributed by atoms with E-state index < -0.39 is 17.7 Å². The molecule has 0 amide bonds. The van der Waals surface area contributed by atoms with Gasteiger partial charge < -0.3 is 9.52 Å². The summed E-state index contributed by atoms with van der Waals surface area (Å²) in [4.78, 5) is 0. The molecule has 0 saturated carbocycles. The average Bonchev–Trinajstić information content (AvgIpc) is 2.74. The average molecular weight is 224 g/mol. The molecule has 0 aliphatic carbocycles. The van der Waals surface area contributed by atoms with E-state index in [4.69, 9.17) is 4.42 Å². The van der Waals surface area contributed by atoms with Crippen LogP contribution in [0, 0.1) is 11.6 Å². The van der Waals surface area contributed by atoms with Crippen molar-refractivity contribution in [2.75, 3.05) is 0 Å². The van der Waals surface area contributed by atoms with Crippen LogP contribution in [-0.2, 0) is 6.42 Å². The highest BCUT2D eigenvalue weighted by molar-refractivity contribution is 5.21. The summed E-state index contributed by atoms with van der Waals surface area (Å²) in [5, 5.41) is 9.76. The Hall–Kier alpha value is -1.68. The number of furan rings is 1. The van der Waals surface area contributed by atoms with Crippen LogP contribution in [-0.4, -0.2) is 5.11 Å². The van der Waals surface area contributed by atoms with Crippen molar-refractivity contribution in [3.05, 3.63) is 59.6 Å². The normalized spacial score (nSPS) is 12.7. The Morgan fingerprint density at radius 2 is 2.00 bits per heavy atom. The first kappa shape index (κ1) is 10.8. The Morgan fingerprint density at radius 3 is 2.62 bits per heavy atom. The molecule has 1 aromatic heterocycles. The van der Waals surface area contributed by atoms with Crippen LogP contribution in [0.15, 0.2) is 41.0 Å². The number of hydrogen-bond acceptors (Lipinski definition) is 2. The summed E-state index contributed by atoms with van der Waals surface area (Å²) < 4.78 is 30.6. The van der Waals surface area contributed by atoms with E-state index >= 15 is 0 Å². The van der Waals surface area contributed by atoms with Crippen LogP contribution in [0.1, 0.15) is 17.4 Å². The highest BCUT2D eigenvalue weighted by atomic mass is 19.2. The molecule has 16 heavy (non-hydrogen) atoms. The second kappa shape index (κ2) is 4.45. The minimum absolute atomic E-state index is 0.234. The smallest absolute Gasteiger partial charge is 0.159 e. The zero-order chi connectivity index (χ0) is 11.5. The van der Waals surface area contributed by atoms with Gasteiger partial charge in [-0.3, -0.25) is 0 Å². The maximum absolute atomic E-state index is 12.9. The summed E-state index contributed by atoms with van der Waals surface area (Å²) in [6, 6.07) is 6.75. The molecule has 0 bridgehead atoms. The van der Waals surface area contributed by atoms with Crippen molar-refractivity contribution in [2.45, 2.75) is 12.5 Å². The fourth-order valence-electron chi connectivity index (χ4n) is 1.46. The van der Waals surface area contributed by atoms with E-state index in [2.05, 4.69) is 0 Å². The molecule has 0 spiro atoms. The fourth-order valence-corrected chi connectivity index (χ4v) is 1.46. The largest absolute Gasteiger partial charge is 0.469 e. The zero-order valence-electron chi connectivity index (χ0n) is 8.36. The molecule has 4 heteroatoms. The second-order valence-corrected chi connectivity index (χ2v) is 3.47. The molecule has 1 atom stereocenters. The van der Waals surface area contributed by atoms with Gasteiger partial charge in [0.15, 0.2) is 11.6 Å². The van der Waals surface area contributed by atoms with Crippen molar-refractivity contribution in [3.8, 4) is 0 Å². The van der Waals surface area contributed by atoms with Gasteiger partial charge in [0.1, 0.15) is 5.76 Å². The van der Waals surface area contributed by atoms with E-state index in [0.717, 1.165) is 12.1 Å². The lowest BCUT2D eigenvalue weighted by Gasteiger charge is -2.09. The molecule has 1 aromatic carbocycles. The third-order valence-corrected chi connectivity index (χ3v) is 2.30. The van der Waals surface area contributed by atoms with Gasteiger partial charge in [-0.15, -0.1) is 0 Å². The molecule has 2 nitrogen and oxygen atoms in total. The molecule has 1 heterocycles. The third kappa shape index (κ3) is 2.28. The number of rotatable bonds is 3. The van der Waals surface area contributed by atoms with Gasteiger partial charge in [0.2, 0.25) is 0 Å². The van der Waals surface area contributed by atoms with E-state index in [1.165, 1.54) is 12.3 Å². The summed E-state index contributed by atoms with van der Waals surface area (Å²) in [6.07, 6.45) is 0.826. The number of halogens is 2. The van der Waals surface area contributed by atoms with E-state index in [0.29, 0.717) is 11.3 Å². The van der Waals surface area contributed by atoms with Crippen LogP contribution in [0.25, 0.3) is 0 Å². The first-order chi connectivity index (χ1) is 7.66. The maximum atomic E-state index is 12.9. The van der Waals surface area contributed by atoms with Crippen molar-refractivity contribution in [1.82, 2.24) is 0 Å². The van der Waals surface area contributed by atoms with Crippen LogP contribution in [0.3, 0.4) is 0 Å². The predicted octanol–water partition coefficient (Wildman–Crippen LogP) is 2.83. The van der Waals surface area contributed by atoms with Crippen molar-refractivity contribution in [3.63, 3.8) is 0 Å². The maximum Gasteiger partial charge on any atom is 0.159 e. The lowest BCUT2D eigenvalue weighted by atomic mass is 10.1. The van der Waals surface area contributed by atoms with Crippen LogP contribution in [0.4, 0.5) is 8.78 Å². The Morgan fingerprint density at radius 1 is 1.19 bits per heavy atom. The molecule has 0 aliphatic heterocycles. The molecule has 0 aliphatic rings. The van der Waals surface area contributed by atoms with Gasteiger partial charge in [-0.25, -0.2) is 8.78 Å². The van der Waals surface area contributed by atoms with Crippen molar-refractivity contribution >= 4 is 0 Å². The number of hydrogen-bond donors (Lipinski definition) is 1. The lowest BCUT2D eigenvalue weighted by molar-refractivity contribution is 0.170. The molecule has 1 N–H and O–H groups in total.